The second-order valence-electron chi connectivity index (χ2n) is 2.84. The van der Waals surface area contributed by atoms with E-state index in [0.717, 1.165) is 5.82 Å². The van der Waals surface area contributed by atoms with Crippen molar-refractivity contribution in [2.75, 3.05) is 7.05 Å². The molecule has 1 radical (unpaired) electrons. The van der Waals surface area contributed by atoms with Crippen LogP contribution in [0.15, 0.2) is 30.3 Å². The molecule has 0 aliphatic heterocycles. The van der Waals surface area contributed by atoms with E-state index in [0.29, 0.717) is 0 Å². The second-order valence-corrected chi connectivity index (χ2v) is 2.84. The van der Waals surface area contributed by atoms with Gasteiger partial charge in [-0.15, -0.1) is 0 Å². The first-order valence-corrected chi connectivity index (χ1v) is 3.97. The first kappa shape index (κ1) is 7.22. The van der Waals surface area contributed by atoms with Gasteiger partial charge in [0.05, 0.1) is 0 Å². The molecule has 1 aromatic carbocycles. The number of rotatable bonds is 1. The zero-order valence-electron chi connectivity index (χ0n) is 7.28. The third kappa shape index (κ3) is 0.881. The Hall–Kier alpha value is -1.44. The Bertz CT molecular complexity index is 401. The zero-order chi connectivity index (χ0) is 8.55. The van der Waals surface area contributed by atoms with E-state index in [9.17, 15) is 0 Å². The monoisotopic (exact) mass is 159 g/mol. The Morgan fingerprint density at radius 2 is 2.00 bits per heavy atom. The van der Waals surface area contributed by atoms with Crippen LogP contribution in [0.5, 0.6) is 0 Å². The molecule has 2 aromatic rings. The highest BCUT2D eigenvalue weighted by atomic mass is 15.1. The molecule has 2 nitrogen and oxygen atoms in total. The Morgan fingerprint density at radius 3 is 2.67 bits per heavy atom. The highest BCUT2D eigenvalue weighted by molar-refractivity contribution is 5.83. The quantitative estimate of drug-likeness (QED) is 0.606. The molecule has 0 N–H and O–H groups in total. The number of hydrogen-bond acceptors (Lipinski definition) is 0. The van der Waals surface area contributed by atoms with Crippen LogP contribution in [0.2, 0.25) is 0 Å². The van der Waals surface area contributed by atoms with E-state index in [1.807, 2.05) is 26.2 Å². The SMILES string of the molecule is C[N]c1cc2ccccc2n1C. The molecule has 1 aromatic heterocycles. The number of hydrogen-bond donors (Lipinski definition) is 0. The molecule has 12 heavy (non-hydrogen) atoms. The topological polar surface area (TPSA) is 19.0 Å². The fourth-order valence-corrected chi connectivity index (χ4v) is 1.49. The van der Waals surface area contributed by atoms with Gasteiger partial charge in [0, 0.05) is 25.0 Å². The molecule has 0 fully saturated rings. The summed E-state index contributed by atoms with van der Waals surface area (Å²) in [6.45, 7) is 0. The van der Waals surface area contributed by atoms with Gasteiger partial charge in [-0.25, -0.2) is 0 Å². The number of aryl methyl sites for hydroxylation is 1. The molecule has 0 aliphatic carbocycles. The first-order valence-electron chi connectivity index (χ1n) is 3.97. The van der Waals surface area contributed by atoms with Crippen molar-refractivity contribution in [2.24, 2.45) is 7.05 Å². The van der Waals surface area contributed by atoms with Crippen LogP contribution in [0.1, 0.15) is 0 Å². The molecule has 0 amide bonds. The standard InChI is InChI=1S/C10H11N2/c1-11-10-7-8-5-3-4-6-9(8)12(10)2/h3-7H,1-2H3. The van der Waals surface area contributed by atoms with Gasteiger partial charge in [0.2, 0.25) is 0 Å². The lowest BCUT2D eigenvalue weighted by atomic mass is 10.2. The van der Waals surface area contributed by atoms with Gasteiger partial charge in [0.25, 0.3) is 0 Å². The summed E-state index contributed by atoms with van der Waals surface area (Å²) in [5.41, 5.74) is 1.23. The normalized spacial score (nSPS) is 10.5. The summed E-state index contributed by atoms with van der Waals surface area (Å²) < 4.78 is 2.09. The number of aromatic nitrogens is 1. The Kier molecular flexibility index (Phi) is 1.54. The maximum Gasteiger partial charge on any atom is 0.128 e. The van der Waals surface area contributed by atoms with Crippen molar-refractivity contribution in [1.82, 2.24) is 9.88 Å². The fourth-order valence-electron chi connectivity index (χ4n) is 1.49. The Balaban J connectivity index is 2.78. The van der Waals surface area contributed by atoms with Crippen molar-refractivity contribution in [1.29, 1.82) is 0 Å². The smallest absolute Gasteiger partial charge is 0.128 e. The van der Waals surface area contributed by atoms with Crippen LogP contribution in [0, 0.1) is 0 Å². The number of nitrogens with zero attached hydrogens (tertiary/aromatic N) is 2. The summed E-state index contributed by atoms with van der Waals surface area (Å²) in [6, 6.07) is 10.4. The van der Waals surface area contributed by atoms with Gasteiger partial charge >= 0.3 is 0 Å². The summed E-state index contributed by atoms with van der Waals surface area (Å²) in [5, 5.41) is 5.42. The van der Waals surface area contributed by atoms with E-state index >= 15 is 0 Å². The minimum atomic E-state index is 1.02. The zero-order valence-corrected chi connectivity index (χ0v) is 7.28. The number of para-hydroxylation sites is 1. The lowest BCUT2D eigenvalue weighted by molar-refractivity contribution is 0.889. The maximum absolute atomic E-state index is 4.17. The van der Waals surface area contributed by atoms with Crippen LogP contribution >= 0.6 is 0 Å². The van der Waals surface area contributed by atoms with Gasteiger partial charge in [-0.2, -0.15) is 0 Å². The molecular formula is C10H11N2. The minimum Gasteiger partial charge on any atom is -0.329 e. The summed E-state index contributed by atoms with van der Waals surface area (Å²) in [5.74, 6) is 1.02. The van der Waals surface area contributed by atoms with Crippen LogP contribution < -0.4 is 5.32 Å². The second kappa shape index (κ2) is 2.55. The van der Waals surface area contributed by atoms with Crippen molar-refractivity contribution < 1.29 is 0 Å². The predicted octanol–water partition coefficient (Wildman–Crippen LogP) is 2.04. The van der Waals surface area contributed by atoms with Crippen molar-refractivity contribution in [3.8, 4) is 0 Å². The van der Waals surface area contributed by atoms with Crippen molar-refractivity contribution in [2.45, 2.75) is 0 Å². The van der Waals surface area contributed by atoms with E-state index < -0.39 is 0 Å². The largest absolute Gasteiger partial charge is 0.329 e. The average molecular weight is 159 g/mol. The molecule has 0 bridgehead atoms. The van der Waals surface area contributed by atoms with Crippen molar-refractivity contribution in [3.05, 3.63) is 30.3 Å². The van der Waals surface area contributed by atoms with Crippen molar-refractivity contribution in [3.63, 3.8) is 0 Å². The van der Waals surface area contributed by atoms with E-state index in [1.54, 1.807) is 0 Å². The lowest BCUT2D eigenvalue weighted by Gasteiger charge is -1.98. The minimum absolute atomic E-state index is 1.02. The van der Waals surface area contributed by atoms with E-state index in [-0.39, 0.29) is 0 Å². The third-order valence-corrected chi connectivity index (χ3v) is 2.16. The highest BCUT2D eigenvalue weighted by Gasteiger charge is 2.02. The molecule has 61 valence electrons. The molecule has 0 spiro atoms. The summed E-state index contributed by atoms with van der Waals surface area (Å²) in [4.78, 5) is 0. The number of benzene rings is 1. The molecule has 2 rings (SSSR count). The molecule has 1 heterocycles. The Morgan fingerprint density at radius 1 is 1.25 bits per heavy atom. The van der Waals surface area contributed by atoms with E-state index in [1.165, 1.54) is 10.9 Å². The predicted molar refractivity (Wildman–Crippen MR) is 50.6 cm³/mol. The summed E-state index contributed by atoms with van der Waals surface area (Å²) in [6.07, 6.45) is 0. The first-order chi connectivity index (χ1) is 5.83. The van der Waals surface area contributed by atoms with Gasteiger partial charge < -0.3 is 4.57 Å². The molecule has 0 aliphatic rings. The molecule has 0 saturated carbocycles. The van der Waals surface area contributed by atoms with Gasteiger partial charge in [-0.3, -0.25) is 5.32 Å². The Labute approximate surface area is 71.8 Å². The van der Waals surface area contributed by atoms with Crippen LogP contribution in [0.3, 0.4) is 0 Å². The lowest BCUT2D eigenvalue weighted by Crippen LogP contribution is -1.94. The summed E-state index contributed by atoms with van der Waals surface area (Å²) >= 11 is 0. The van der Waals surface area contributed by atoms with Gasteiger partial charge in [0.15, 0.2) is 0 Å². The van der Waals surface area contributed by atoms with Crippen LogP contribution in [-0.2, 0) is 7.05 Å². The summed E-state index contributed by atoms with van der Waals surface area (Å²) in [7, 11) is 3.85. The molecular weight excluding hydrogens is 148 g/mol. The molecule has 0 atom stereocenters. The maximum atomic E-state index is 4.17. The molecule has 2 heteroatoms. The number of fused-ring (bicyclic) bond motifs is 1. The van der Waals surface area contributed by atoms with Crippen molar-refractivity contribution >= 4 is 16.7 Å². The van der Waals surface area contributed by atoms with E-state index in [2.05, 4.69) is 28.1 Å². The van der Waals surface area contributed by atoms with Crippen LogP contribution in [0.4, 0.5) is 5.82 Å². The average Bonchev–Trinajstić information content (AvgIpc) is 2.44. The van der Waals surface area contributed by atoms with Gasteiger partial charge in [0.1, 0.15) is 5.82 Å². The third-order valence-electron chi connectivity index (χ3n) is 2.16. The fraction of sp³-hybridized carbons (Fsp3) is 0.200. The van der Waals surface area contributed by atoms with Gasteiger partial charge in [-0.05, 0) is 12.1 Å². The highest BCUT2D eigenvalue weighted by Crippen LogP contribution is 2.21. The van der Waals surface area contributed by atoms with Crippen LogP contribution in [-0.4, -0.2) is 11.6 Å². The van der Waals surface area contributed by atoms with Gasteiger partial charge in [-0.1, -0.05) is 18.2 Å². The molecule has 0 unspecified atom stereocenters. The van der Waals surface area contributed by atoms with Crippen LogP contribution in [0.25, 0.3) is 10.9 Å². The van der Waals surface area contributed by atoms with E-state index in [4.69, 9.17) is 0 Å². The molecule has 0 saturated heterocycles.